The van der Waals surface area contributed by atoms with Crippen molar-refractivity contribution in [2.75, 3.05) is 0 Å². The van der Waals surface area contributed by atoms with Gasteiger partial charge in [-0.3, -0.25) is 4.79 Å². The summed E-state index contributed by atoms with van der Waals surface area (Å²) in [6, 6.07) is 3.02. The Kier molecular flexibility index (Phi) is 4.13. The molecule has 0 saturated carbocycles. The second-order valence-corrected chi connectivity index (χ2v) is 5.71. The fourth-order valence-corrected chi connectivity index (χ4v) is 2.56. The third-order valence-electron chi connectivity index (χ3n) is 2.16. The van der Waals surface area contributed by atoms with E-state index in [1.165, 1.54) is 19.1 Å². The number of halogens is 1. The topological polar surface area (TPSA) is 83.5 Å². The minimum absolute atomic E-state index is 0.0544. The molecule has 0 heterocycles. The number of carboxylic acid groups (broad SMARTS) is 1. The number of sulfonamides is 1. The van der Waals surface area contributed by atoms with E-state index in [-0.39, 0.29) is 4.90 Å². The summed E-state index contributed by atoms with van der Waals surface area (Å²) >= 11 is 5.81. The first-order valence-corrected chi connectivity index (χ1v) is 6.61. The summed E-state index contributed by atoms with van der Waals surface area (Å²) in [7, 11) is -3.86. The molecule has 0 bridgehead atoms. The van der Waals surface area contributed by atoms with Gasteiger partial charge in [0.05, 0.1) is 4.90 Å². The van der Waals surface area contributed by atoms with Gasteiger partial charge in [0.25, 0.3) is 0 Å². The van der Waals surface area contributed by atoms with Crippen molar-refractivity contribution in [1.29, 1.82) is 0 Å². The standard InChI is InChI=1S/C10H12ClNO4S/c1-6-3-4-8(5-9(6)11)17(15,16)12-7(2)10(13)14/h3-5,7,12H,1-2H3,(H,13,14)/t7-/m1/s1. The molecule has 0 aromatic heterocycles. The number of nitrogens with one attached hydrogen (secondary N) is 1. The largest absolute Gasteiger partial charge is 0.480 e. The number of aryl methyl sites for hydroxylation is 1. The van der Waals surface area contributed by atoms with Crippen LogP contribution >= 0.6 is 11.6 Å². The lowest BCUT2D eigenvalue weighted by Crippen LogP contribution is -2.38. The van der Waals surface area contributed by atoms with Crippen LogP contribution < -0.4 is 4.72 Å². The zero-order valence-electron chi connectivity index (χ0n) is 9.27. The van der Waals surface area contributed by atoms with Crippen molar-refractivity contribution in [2.24, 2.45) is 0 Å². The normalized spacial score (nSPS) is 13.4. The first kappa shape index (κ1) is 14.0. The van der Waals surface area contributed by atoms with Gasteiger partial charge in [0.15, 0.2) is 0 Å². The van der Waals surface area contributed by atoms with Crippen LogP contribution in [0.2, 0.25) is 5.02 Å². The maximum atomic E-state index is 11.8. The van der Waals surface area contributed by atoms with Crippen molar-refractivity contribution in [1.82, 2.24) is 4.72 Å². The average molecular weight is 278 g/mol. The Morgan fingerprint density at radius 2 is 2.06 bits per heavy atom. The lowest BCUT2D eigenvalue weighted by atomic mass is 10.2. The van der Waals surface area contributed by atoms with Crippen molar-refractivity contribution in [3.8, 4) is 0 Å². The molecule has 0 amide bonds. The molecular formula is C10H12ClNO4S. The maximum absolute atomic E-state index is 11.8. The van der Waals surface area contributed by atoms with Crippen LogP contribution in [0.5, 0.6) is 0 Å². The molecule has 0 fully saturated rings. The fourth-order valence-electron chi connectivity index (χ4n) is 1.09. The van der Waals surface area contributed by atoms with Crippen molar-refractivity contribution in [3.63, 3.8) is 0 Å². The number of aliphatic carboxylic acids is 1. The van der Waals surface area contributed by atoms with Gasteiger partial charge in [-0.15, -0.1) is 0 Å². The van der Waals surface area contributed by atoms with E-state index in [4.69, 9.17) is 16.7 Å². The summed E-state index contributed by atoms with van der Waals surface area (Å²) in [4.78, 5) is 10.5. The molecule has 0 unspecified atom stereocenters. The summed E-state index contributed by atoms with van der Waals surface area (Å²) < 4.78 is 25.6. The van der Waals surface area contributed by atoms with Crippen LogP contribution in [0.3, 0.4) is 0 Å². The second-order valence-electron chi connectivity index (χ2n) is 3.59. The third kappa shape index (κ3) is 3.42. The molecule has 7 heteroatoms. The Morgan fingerprint density at radius 3 is 2.53 bits per heavy atom. The average Bonchev–Trinajstić information content (AvgIpc) is 2.21. The summed E-state index contributed by atoms with van der Waals surface area (Å²) in [5.74, 6) is -1.24. The van der Waals surface area contributed by atoms with E-state index in [9.17, 15) is 13.2 Å². The Balaban J connectivity index is 3.05. The molecule has 0 aliphatic rings. The number of hydrogen-bond donors (Lipinski definition) is 2. The number of carboxylic acids is 1. The molecule has 0 radical (unpaired) electrons. The highest BCUT2D eigenvalue weighted by Gasteiger charge is 2.21. The van der Waals surface area contributed by atoms with Gasteiger partial charge in [-0.2, -0.15) is 4.72 Å². The van der Waals surface area contributed by atoms with Gasteiger partial charge < -0.3 is 5.11 Å². The highest BCUT2D eigenvalue weighted by atomic mass is 35.5. The Morgan fingerprint density at radius 1 is 1.47 bits per heavy atom. The van der Waals surface area contributed by atoms with E-state index in [1.807, 2.05) is 4.72 Å². The summed E-state index contributed by atoms with van der Waals surface area (Å²) in [6.45, 7) is 2.99. The van der Waals surface area contributed by atoms with E-state index in [0.29, 0.717) is 5.02 Å². The molecule has 5 nitrogen and oxygen atoms in total. The van der Waals surface area contributed by atoms with E-state index < -0.39 is 22.0 Å². The maximum Gasteiger partial charge on any atom is 0.321 e. The summed E-state index contributed by atoms with van der Waals surface area (Å²) in [6.07, 6.45) is 0. The highest BCUT2D eigenvalue weighted by Crippen LogP contribution is 2.19. The molecule has 94 valence electrons. The van der Waals surface area contributed by atoms with Crippen molar-refractivity contribution >= 4 is 27.6 Å². The number of carbonyl (C=O) groups is 1. The molecule has 1 rings (SSSR count). The van der Waals surface area contributed by atoms with Gasteiger partial charge in [-0.05, 0) is 31.5 Å². The van der Waals surface area contributed by atoms with Gasteiger partial charge in [0, 0.05) is 5.02 Å². The van der Waals surface area contributed by atoms with Crippen molar-refractivity contribution < 1.29 is 18.3 Å². The summed E-state index contributed by atoms with van der Waals surface area (Å²) in [5.41, 5.74) is 0.747. The Hall–Kier alpha value is -1.11. The monoisotopic (exact) mass is 277 g/mol. The van der Waals surface area contributed by atoms with Gasteiger partial charge in [0.1, 0.15) is 6.04 Å². The van der Waals surface area contributed by atoms with Gasteiger partial charge in [-0.1, -0.05) is 17.7 Å². The van der Waals surface area contributed by atoms with Gasteiger partial charge in [0.2, 0.25) is 10.0 Å². The Bertz CT molecular complexity index is 541. The van der Waals surface area contributed by atoms with Crippen molar-refractivity contribution in [3.05, 3.63) is 28.8 Å². The van der Waals surface area contributed by atoms with Crippen LogP contribution in [0.1, 0.15) is 12.5 Å². The zero-order chi connectivity index (χ0) is 13.2. The van der Waals surface area contributed by atoms with Gasteiger partial charge >= 0.3 is 5.97 Å². The van der Waals surface area contributed by atoms with Crippen molar-refractivity contribution in [2.45, 2.75) is 24.8 Å². The molecule has 0 saturated heterocycles. The van der Waals surface area contributed by atoms with Crippen LogP contribution in [0.25, 0.3) is 0 Å². The van der Waals surface area contributed by atoms with E-state index >= 15 is 0 Å². The molecule has 0 aliphatic heterocycles. The fraction of sp³-hybridized carbons (Fsp3) is 0.300. The first-order chi connectivity index (χ1) is 7.74. The minimum atomic E-state index is -3.86. The third-order valence-corrected chi connectivity index (χ3v) is 4.10. The predicted molar refractivity (Wildman–Crippen MR) is 63.6 cm³/mol. The molecule has 1 atom stereocenters. The zero-order valence-corrected chi connectivity index (χ0v) is 10.8. The van der Waals surface area contributed by atoms with Crippen LogP contribution in [0.15, 0.2) is 23.1 Å². The van der Waals surface area contributed by atoms with Crippen LogP contribution in [0, 0.1) is 6.92 Å². The lowest BCUT2D eigenvalue weighted by molar-refractivity contribution is -0.138. The van der Waals surface area contributed by atoms with E-state index in [1.54, 1.807) is 13.0 Å². The number of rotatable bonds is 4. The van der Waals surface area contributed by atoms with Gasteiger partial charge in [-0.25, -0.2) is 8.42 Å². The van der Waals surface area contributed by atoms with Crippen LogP contribution in [0.4, 0.5) is 0 Å². The van der Waals surface area contributed by atoms with Crippen LogP contribution in [-0.2, 0) is 14.8 Å². The van der Waals surface area contributed by atoms with Crippen LogP contribution in [-0.4, -0.2) is 25.5 Å². The molecule has 1 aromatic carbocycles. The van der Waals surface area contributed by atoms with E-state index in [0.717, 1.165) is 5.56 Å². The predicted octanol–water partition coefficient (Wildman–Crippen LogP) is 1.40. The number of hydrogen-bond acceptors (Lipinski definition) is 3. The Labute approximate surface area is 104 Å². The molecule has 2 N–H and O–H groups in total. The molecule has 0 spiro atoms. The molecule has 17 heavy (non-hydrogen) atoms. The quantitative estimate of drug-likeness (QED) is 0.871. The molecule has 1 aromatic rings. The number of benzene rings is 1. The molecular weight excluding hydrogens is 266 g/mol. The minimum Gasteiger partial charge on any atom is -0.480 e. The molecule has 0 aliphatic carbocycles. The lowest BCUT2D eigenvalue weighted by Gasteiger charge is -2.10. The second kappa shape index (κ2) is 5.03. The first-order valence-electron chi connectivity index (χ1n) is 4.75. The summed E-state index contributed by atoms with van der Waals surface area (Å²) in [5, 5.41) is 8.95. The smallest absolute Gasteiger partial charge is 0.321 e. The van der Waals surface area contributed by atoms with E-state index in [2.05, 4.69) is 0 Å². The SMILES string of the molecule is Cc1ccc(S(=O)(=O)N[C@H](C)C(=O)O)cc1Cl. The highest BCUT2D eigenvalue weighted by molar-refractivity contribution is 7.89.